The van der Waals surface area contributed by atoms with Gasteiger partial charge in [-0.3, -0.25) is 9.98 Å². The lowest BCUT2D eigenvalue weighted by Crippen LogP contribution is -2.45. The molecular formula is C29H37ClF3N3. The largest absolute Gasteiger partial charge is 0.417 e. The molecule has 1 N–H and O–H groups in total. The molecule has 0 aromatic carbocycles. The van der Waals surface area contributed by atoms with Gasteiger partial charge in [0.25, 0.3) is 0 Å². The summed E-state index contributed by atoms with van der Waals surface area (Å²) in [4.78, 5) is 8.09. The molecule has 0 saturated heterocycles. The number of nitrogens with one attached hydrogen (secondary N) is 1. The number of alkyl halides is 3. The Hall–Kier alpha value is -2.08. The molecular weight excluding hydrogens is 483 g/mol. The van der Waals surface area contributed by atoms with Gasteiger partial charge in [0, 0.05) is 23.9 Å². The van der Waals surface area contributed by atoms with Crippen molar-refractivity contribution in [1.82, 2.24) is 10.3 Å². The first-order chi connectivity index (χ1) is 17.2. The predicted octanol–water partition coefficient (Wildman–Crippen LogP) is 8.23. The molecule has 3 aliphatic rings. The van der Waals surface area contributed by atoms with Crippen LogP contribution in [0.4, 0.5) is 13.2 Å². The Labute approximate surface area is 218 Å². The molecule has 0 spiro atoms. The fraction of sp³-hybridized carbons (Fsp3) is 0.586. The fourth-order valence-corrected chi connectivity index (χ4v) is 6.56. The van der Waals surface area contributed by atoms with Gasteiger partial charge in [0.15, 0.2) is 0 Å². The summed E-state index contributed by atoms with van der Waals surface area (Å²) in [5.74, 6) is 2.50. The smallest absolute Gasteiger partial charge is 0.382 e. The Balaban J connectivity index is 1.40. The molecule has 4 rings (SSSR count). The Morgan fingerprint density at radius 1 is 1.19 bits per heavy atom. The summed E-state index contributed by atoms with van der Waals surface area (Å²) < 4.78 is 38.4. The highest BCUT2D eigenvalue weighted by Gasteiger charge is 2.38. The van der Waals surface area contributed by atoms with Crippen LogP contribution in [-0.2, 0) is 12.6 Å². The van der Waals surface area contributed by atoms with E-state index >= 15 is 0 Å². The van der Waals surface area contributed by atoms with E-state index in [1.807, 2.05) is 0 Å². The van der Waals surface area contributed by atoms with Crippen molar-refractivity contribution >= 4 is 18.3 Å². The van der Waals surface area contributed by atoms with Crippen molar-refractivity contribution in [1.29, 1.82) is 0 Å². The summed E-state index contributed by atoms with van der Waals surface area (Å²) in [6.45, 7) is 8.08. The van der Waals surface area contributed by atoms with Crippen molar-refractivity contribution in [2.45, 2.75) is 83.9 Å². The van der Waals surface area contributed by atoms with E-state index in [-0.39, 0.29) is 5.92 Å². The second-order valence-corrected chi connectivity index (χ2v) is 11.1. The van der Waals surface area contributed by atoms with Gasteiger partial charge >= 0.3 is 6.18 Å². The van der Waals surface area contributed by atoms with Gasteiger partial charge in [-0.1, -0.05) is 42.7 Å². The zero-order chi connectivity index (χ0) is 25.9. The molecule has 2 fully saturated rings. The number of hydrogen-bond donors (Lipinski definition) is 1. The van der Waals surface area contributed by atoms with Crippen LogP contribution in [0.25, 0.3) is 0 Å². The van der Waals surface area contributed by atoms with Crippen molar-refractivity contribution in [2.24, 2.45) is 28.7 Å². The fourth-order valence-electron chi connectivity index (χ4n) is 6.37. The van der Waals surface area contributed by atoms with E-state index < -0.39 is 11.7 Å². The number of hydrogen-bond acceptors (Lipinski definition) is 3. The highest BCUT2D eigenvalue weighted by atomic mass is 35.5. The Kier molecular flexibility index (Phi) is 8.64. The molecule has 1 aromatic rings. The van der Waals surface area contributed by atoms with E-state index in [1.165, 1.54) is 55.7 Å². The van der Waals surface area contributed by atoms with E-state index in [4.69, 9.17) is 11.6 Å². The van der Waals surface area contributed by atoms with Crippen LogP contribution in [0.1, 0.15) is 76.5 Å². The maximum atomic E-state index is 12.8. The van der Waals surface area contributed by atoms with Crippen molar-refractivity contribution < 1.29 is 13.2 Å². The van der Waals surface area contributed by atoms with E-state index in [2.05, 4.69) is 48.0 Å². The lowest BCUT2D eigenvalue weighted by Gasteiger charge is -2.45. The number of halogens is 4. The van der Waals surface area contributed by atoms with Gasteiger partial charge in [-0.25, -0.2) is 0 Å². The van der Waals surface area contributed by atoms with E-state index in [1.54, 1.807) is 0 Å². The number of fused-ring (bicyclic) bond motifs is 2. The number of aliphatic imine (C=N–C) groups is 1. The SMILES string of the molecule is C=N/C(Cl)=C(\NC1CCC2CC(CC)CC1C2)C1C=C(C)C(CCc2ccc(C(F)(F)F)cn2)=CC1. The number of aryl methyl sites for hydroxylation is 1. The predicted molar refractivity (Wildman–Crippen MR) is 141 cm³/mol. The van der Waals surface area contributed by atoms with Gasteiger partial charge in [-0.05, 0) is 100 Å². The number of rotatable bonds is 8. The van der Waals surface area contributed by atoms with Crippen LogP contribution in [0, 0.1) is 23.7 Å². The molecule has 2 saturated carbocycles. The van der Waals surface area contributed by atoms with Gasteiger partial charge in [0.2, 0.25) is 0 Å². The molecule has 3 nitrogen and oxygen atoms in total. The normalized spacial score (nSPS) is 29.1. The first kappa shape index (κ1) is 27.0. The number of pyridine rings is 1. The van der Waals surface area contributed by atoms with Crippen LogP contribution in [0.15, 0.2) is 57.5 Å². The lowest BCUT2D eigenvalue weighted by atomic mass is 9.65. The third-order valence-corrected chi connectivity index (χ3v) is 8.75. The molecule has 0 aliphatic heterocycles. The first-order valence-electron chi connectivity index (χ1n) is 13.2. The van der Waals surface area contributed by atoms with Crippen molar-refractivity contribution in [2.75, 3.05) is 0 Å². The highest BCUT2D eigenvalue weighted by Crippen LogP contribution is 2.44. The molecule has 2 bridgehead atoms. The third-order valence-electron chi connectivity index (χ3n) is 8.42. The maximum Gasteiger partial charge on any atom is 0.417 e. The molecule has 0 amide bonds. The van der Waals surface area contributed by atoms with Crippen molar-refractivity contribution in [3.63, 3.8) is 0 Å². The summed E-state index contributed by atoms with van der Waals surface area (Å²) in [5.41, 5.74) is 3.28. The second-order valence-electron chi connectivity index (χ2n) is 10.8. The van der Waals surface area contributed by atoms with Crippen LogP contribution in [0.5, 0.6) is 0 Å². The molecule has 5 unspecified atom stereocenters. The van der Waals surface area contributed by atoms with Gasteiger partial charge in [0.1, 0.15) is 5.16 Å². The zero-order valence-electron chi connectivity index (χ0n) is 21.3. The summed E-state index contributed by atoms with van der Waals surface area (Å²) in [7, 11) is 0. The van der Waals surface area contributed by atoms with Gasteiger partial charge < -0.3 is 5.32 Å². The summed E-state index contributed by atoms with van der Waals surface area (Å²) in [6.07, 6.45) is 10.9. The van der Waals surface area contributed by atoms with Crippen molar-refractivity contribution in [3.05, 3.63) is 63.7 Å². The third kappa shape index (κ3) is 6.42. The standard InChI is InChI=1S/C29H37ClF3N3/c1-4-19-14-20-5-12-26(23(15-19)16-20)36-27(28(30)34-3)22-7-6-21(18(2)13-22)8-10-25-11-9-24(17-35-25)29(31,32)33/h6,9,11,13,17,19-20,22-23,26,36H,3-5,7-8,10,12,14-16H2,1-2H3/b28-27-. The van der Waals surface area contributed by atoms with Crippen molar-refractivity contribution in [3.8, 4) is 0 Å². The Morgan fingerprint density at radius 3 is 2.64 bits per heavy atom. The number of aromatic nitrogens is 1. The molecule has 0 radical (unpaired) electrons. The first-order valence-corrected chi connectivity index (χ1v) is 13.6. The average Bonchev–Trinajstić information content (AvgIpc) is 2.86. The van der Waals surface area contributed by atoms with E-state index in [9.17, 15) is 13.2 Å². The molecule has 1 aromatic heterocycles. The van der Waals surface area contributed by atoms with Gasteiger partial charge in [-0.2, -0.15) is 13.2 Å². The Morgan fingerprint density at radius 2 is 2.00 bits per heavy atom. The summed E-state index contributed by atoms with van der Waals surface area (Å²) in [6, 6.07) is 2.99. The second kappa shape index (κ2) is 11.5. The van der Waals surface area contributed by atoms with Crippen LogP contribution in [0.3, 0.4) is 0 Å². The lowest BCUT2D eigenvalue weighted by molar-refractivity contribution is -0.137. The number of nitrogens with zero attached hydrogens (tertiary/aromatic N) is 2. The minimum Gasteiger partial charge on any atom is -0.382 e. The summed E-state index contributed by atoms with van der Waals surface area (Å²) >= 11 is 6.59. The number of allylic oxidation sites excluding steroid dienone is 4. The van der Waals surface area contributed by atoms with Crippen LogP contribution in [-0.4, -0.2) is 17.7 Å². The van der Waals surface area contributed by atoms with Crippen LogP contribution >= 0.6 is 11.6 Å². The summed E-state index contributed by atoms with van der Waals surface area (Å²) in [5, 5.41) is 4.27. The highest BCUT2D eigenvalue weighted by molar-refractivity contribution is 6.30. The van der Waals surface area contributed by atoms with E-state index in [0.29, 0.717) is 29.2 Å². The topological polar surface area (TPSA) is 37.3 Å². The average molecular weight is 520 g/mol. The molecule has 36 heavy (non-hydrogen) atoms. The van der Waals surface area contributed by atoms with Gasteiger partial charge in [-0.15, -0.1) is 0 Å². The molecule has 1 heterocycles. The maximum absolute atomic E-state index is 12.8. The van der Waals surface area contributed by atoms with E-state index in [0.717, 1.165) is 42.6 Å². The minimum atomic E-state index is -4.36. The molecule has 7 heteroatoms. The van der Waals surface area contributed by atoms with Gasteiger partial charge in [0.05, 0.1) is 11.3 Å². The minimum absolute atomic E-state index is 0.110. The molecule has 196 valence electrons. The van der Waals surface area contributed by atoms with Crippen LogP contribution < -0.4 is 5.32 Å². The Bertz CT molecular complexity index is 1030. The zero-order valence-corrected chi connectivity index (χ0v) is 22.0. The monoisotopic (exact) mass is 519 g/mol. The molecule has 5 atom stereocenters. The quantitative estimate of drug-likeness (QED) is 0.277. The molecule has 3 aliphatic carbocycles. The van der Waals surface area contributed by atoms with Crippen LogP contribution in [0.2, 0.25) is 0 Å².